The summed E-state index contributed by atoms with van der Waals surface area (Å²) < 4.78 is 16.8. The second-order valence-electron chi connectivity index (χ2n) is 4.10. The molecule has 96 valence electrons. The normalized spacial score (nSPS) is 12.6. The second kappa shape index (κ2) is 7.58. The fourth-order valence-corrected chi connectivity index (χ4v) is 2.91. The first kappa shape index (κ1) is 14.4. The average Bonchev–Trinajstić information content (AvgIpc) is 2.32. The molecule has 0 amide bonds. The van der Waals surface area contributed by atoms with Gasteiger partial charge in [-0.05, 0) is 30.0 Å². The van der Waals surface area contributed by atoms with E-state index in [0.717, 1.165) is 17.5 Å². The molecule has 0 aliphatic carbocycles. The van der Waals surface area contributed by atoms with Crippen molar-refractivity contribution in [3.8, 4) is 0 Å². The van der Waals surface area contributed by atoms with Gasteiger partial charge in [0.25, 0.3) is 0 Å². The number of benzene rings is 1. The van der Waals surface area contributed by atoms with E-state index in [1.807, 2.05) is 19.1 Å². The average molecular weight is 255 g/mol. The Hall–Kier alpha value is -0.710. The lowest BCUT2D eigenvalue weighted by molar-refractivity contribution is 0.200. The topological polar surface area (TPSA) is 52.3 Å². The molecule has 1 unspecified atom stereocenters. The van der Waals surface area contributed by atoms with Crippen LogP contribution < -0.4 is 5.73 Å². The molecule has 0 saturated carbocycles. The van der Waals surface area contributed by atoms with Gasteiger partial charge in [0.2, 0.25) is 0 Å². The van der Waals surface area contributed by atoms with Crippen LogP contribution in [0.5, 0.6) is 0 Å². The van der Waals surface area contributed by atoms with Crippen molar-refractivity contribution in [2.75, 3.05) is 19.5 Å². The van der Waals surface area contributed by atoms with Crippen LogP contribution in [0.15, 0.2) is 18.2 Å². The van der Waals surface area contributed by atoms with Crippen molar-refractivity contribution < 1.29 is 8.95 Å². The zero-order valence-electron chi connectivity index (χ0n) is 10.6. The molecule has 0 aromatic heterocycles. The van der Waals surface area contributed by atoms with Gasteiger partial charge in [-0.2, -0.15) is 0 Å². The van der Waals surface area contributed by atoms with Gasteiger partial charge in [-0.25, -0.2) is 0 Å². The Kier molecular flexibility index (Phi) is 6.40. The van der Waals surface area contributed by atoms with Gasteiger partial charge in [-0.3, -0.25) is 4.21 Å². The molecule has 0 fully saturated rings. The van der Waals surface area contributed by atoms with Gasteiger partial charge in [0, 0.05) is 42.6 Å². The monoisotopic (exact) mass is 255 g/mol. The van der Waals surface area contributed by atoms with E-state index in [1.54, 1.807) is 7.11 Å². The number of methoxy groups -OCH3 is 1. The minimum absolute atomic E-state index is 0.554. The summed E-state index contributed by atoms with van der Waals surface area (Å²) in [5.74, 6) is 1.33. The molecule has 0 bridgehead atoms. The maximum atomic E-state index is 11.8. The van der Waals surface area contributed by atoms with Crippen molar-refractivity contribution in [3.63, 3.8) is 0 Å². The first-order chi connectivity index (χ1) is 8.17. The van der Waals surface area contributed by atoms with Crippen molar-refractivity contribution in [1.29, 1.82) is 0 Å². The molecule has 1 aromatic rings. The van der Waals surface area contributed by atoms with Gasteiger partial charge in [-0.15, -0.1) is 0 Å². The van der Waals surface area contributed by atoms with Crippen LogP contribution in [0, 0.1) is 6.92 Å². The maximum absolute atomic E-state index is 11.8. The predicted octanol–water partition coefficient (Wildman–Crippen LogP) is 1.74. The lowest BCUT2D eigenvalue weighted by Crippen LogP contribution is -2.05. The third kappa shape index (κ3) is 4.98. The van der Waals surface area contributed by atoms with Crippen LogP contribution in [-0.2, 0) is 27.8 Å². The van der Waals surface area contributed by atoms with Gasteiger partial charge < -0.3 is 10.5 Å². The van der Waals surface area contributed by atoms with Gasteiger partial charge in [0.1, 0.15) is 0 Å². The molecule has 4 heteroatoms. The van der Waals surface area contributed by atoms with Crippen LogP contribution in [0.2, 0.25) is 0 Å². The first-order valence-electron chi connectivity index (χ1n) is 5.79. The quantitative estimate of drug-likeness (QED) is 0.755. The van der Waals surface area contributed by atoms with E-state index in [0.29, 0.717) is 24.7 Å². The summed E-state index contributed by atoms with van der Waals surface area (Å²) in [6.45, 7) is 3.27. The second-order valence-corrected chi connectivity index (χ2v) is 5.68. The van der Waals surface area contributed by atoms with Crippen molar-refractivity contribution in [3.05, 3.63) is 34.9 Å². The van der Waals surface area contributed by atoms with Gasteiger partial charge >= 0.3 is 0 Å². The highest BCUT2D eigenvalue weighted by atomic mass is 32.2. The molecule has 0 radical (unpaired) electrons. The zero-order valence-corrected chi connectivity index (χ0v) is 11.4. The van der Waals surface area contributed by atoms with Crippen molar-refractivity contribution in [2.45, 2.75) is 25.6 Å². The van der Waals surface area contributed by atoms with Crippen LogP contribution in [0.1, 0.15) is 23.1 Å². The van der Waals surface area contributed by atoms with Gasteiger partial charge in [0.05, 0.1) is 0 Å². The smallest absolute Gasteiger partial charge is 0.0488 e. The zero-order chi connectivity index (χ0) is 12.7. The fraction of sp³-hybridized carbons (Fsp3) is 0.538. The van der Waals surface area contributed by atoms with Crippen LogP contribution in [0.25, 0.3) is 0 Å². The summed E-state index contributed by atoms with van der Waals surface area (Å²) in [5.41, 5.74) is 9.02. The Bertz CT molecular complexity index is 380. The molecule has 17 heavy (non-hydrogen) atoms. The van der Waals surface area contributed by atoms with E-state index in [1.165, 1.54) is 5.56 Å². The van der Waals surface area contributed by atoms with Crippen LogP contribution in [0.4, 0.5) is 0 Å². The van der Waals surface area contributed by atoms with E-state index < -0.39 is 10.8 Å². The summed E-state index contributed by atoms with van der Waals surface area (Å²) in [4.78, 5) is 0. The number of nitrogens with two attached hydrogens (primary N) is 1. The Morgan fingerprint density at radius 1 is 1.41 bits per heavy atom. The number of hydrogen-bond donors (Lipinski definition) is 1. The van der Waals surface area contributed by atoms with Crippen molar-refractivity contribution in [2.24, 2.45) is 5.73 Å². The molecule has 3 nitrogen and oxygen atoms in total. The van der Waals surface area contributed by atoms with Gasteiger partial charge in [-0.1, -0.05) is 18.2 Å². The minimum atomic E-state index is -0.803. The van der Waals surface area contributed by atoms with Crippen LogP contribution in [-0.4, -0.2) is 23.7 Å². The molecular formula is C13H21NO2S. The molecule has 1 rings (SSSR count). The lowest BCUT2D eigenvalue weighted by Gasteiger charge is -2.07. The molecule has 1 atom stereocenters. The molecule has 0 heterocycles. The number of hydrogen-bond acceptors (Lipinski definition) is 3. The molecule has 0 saturated heterocycles. The standard InChI is InChI=1S/C13H21NO2S/c1-11-8-12(9-14)4-5-13(11)10-17(15)7-3-6-16-2/h4-5,8H,3,6-7,9-10,14H2,1-2H3. The van der Waals surface area contributed by atoms with Gasteiger partial charge in [0.15, 0.2) is 0 Å². The summed E-state index contributed by atoms with van der Waals surface area (Å²) >= 11 is 0. The van der Waals surface area contributed by atoms with E-state index in [9.17, 15) is 4.21 Å². The third-order valence-electron chi connectivity index (χ3n) is 2.68. The predicted molar refractivity (Wildman–Crippen MR) is 72.3 cm³/mol. The van der Waals surface area contributed by atoms with Crippen molar-refractivity contribution >= 4 is 10.8 Å². The minimum Gasteiger partial charge on any atom is -0.385 e. The highest BCUT2D eigenvalue weighted by Gasteiger charge is 2.05. The summed E-state index contributed by atoms with van der Waals surface area (Å²) in [6, 6.07) is 6.11. The Morgan fingerprint density at radius 3 is 2.76 bits per heavy atom. The van der Waals surface area contributed by atoms with Crippen LogP contribution in [0.3, 0.4) is 0 Å². The largest absolute Gasteiger partial charge is 0.385 e. The molecule has 0 aliphatic rings. The van der Waals surface area contributed by atoms with E-state index in [4.69, 9.17) is 10.5 Å². The van der Waals surface area contributed by atoms with Crippen LogP contribution >= 0.6 is 0 Å². The number of ether oxygens (including phenoxy) is 1. The van der Waals surface area contributed by atoms with E-state index in [2.05, 4.69) is 6.07 Å². The SMILES string of the molecule is COCCCS(=O)Cc1ccc(CN)cc1C. The Morgan fingerprint density at radius 2 is 2.18 bits per heavy atom. The number of rotatable bonds is 7. The molecule has 2 N–H and O–H groups in total. The van der Waals surface area contributed by atoms with E-state index >= 15 is 0 Å². The first-order valence-corrected chi connectivity index (χ1v) is 7.28. The number of aryl methyl sites for hydroxylation is 1. The maximum Gasteiger partial charge on any atom is 0.0488 e. The highest BCUT2D eigenvalue weighted by Crippen LogP contribution is 2.13. The van der Waals surface area contributed by atoms with Crippen molar-refractivity contribution in [1.82, 2.24) is 0 Å². The van der Waals surface area contributed by atoms with E-state index in [-0.39, 0.29) is 0 Å². The summed E-state index contributed by atoms with van der Waals surface area (Å²) in [6.07, 6.45) is 0.850. The lowest BCUT2D eigenvalue weighted by atomic mass is 10.1. The molecular weight excluding hydrogens is 234 g/mol. The highest BCUT2D eigenvalue weighted by molar-refractivity contribution is 7.84. The summed E-state index contributed by atoms with van der Waals surface area (Å²) in [7, 11) is 0.863. The Balaban J connectivity index is 2.53. The Labute approximate surface area is 106 Å². The molecule has 0 spiro atoms. The molecule has 1 aromatic carbocycles. The fourth-order valence-electron chi connectivity index (χ4n) is 1.66. The molecule has 0 aliphatic heterocycles. The summed E-state index contributed by atoms with van der Waals surface area (Å²) in [5, 5.41) is 0. The third-order valence-corrected chi connectivity index (χ3v) is 4.06.